The first-order valence-electron chi connectivity index (χ1n) is 7.52. The molecule has 1 aromatic rings. The van der Waals surface area contributed by atoms with E-state index in [-0.39, 0.29) is 13.2 Å². The van der Waals surface area contributed by atoms with E-state index in [1.165, 1.54) is 6.92 Å². The van der Waals surface area contributed by atoms with Gasteiger partial charge in [0.15, 0.2) is 0 Å². The van der Waals surface area contributed by atoms with E-state index in [2.05, 4.69) is 5.32 Å². The number of hydrogen-bond donors (Lipinski definition) is 1. The van der Waals surface area contributed by atoms with Gasteiger partial charge in [0.1, 0.15) is 11.7 Å². The van der Waals surface area contributed by atoms with Crippen LogP contribution in [0, 0.1) is 0 Å². The lowest BCUT2D eigenvalue weighted by molar-refractivity contribution is -0.149. The highest BCUT2D eigenvalue weighted by molar-refractivity contribution is 5.68. The van der Waals surface area contributed by atoms with Crippen LogP contribution in [0.25, 0.3) is 0 Å². The molecule has 1 rings (SSSR count). The SMILES string of the molecule is CC(=O)OC(CNC(=O)OC(C)(C)C)COCc1ccccc1. The highest BCUT2D eigenvalue weighted by Crippen LogP contribution is 2.07. The molecule has 1 aromatic carbocycles. The van der Waals surface area contributed by atoms with Crippen molar-refractivity contribution in [2.45, 2.75) is 46.0 Å². The van der Waals surface area contributed by atoms with Crippen LogP contribution in [0.3, 0.4) is 0 Å². The van der Waals surface area contributed by atoms with Gasteiger partial charge in [-0.15, -0.1) is 0 Å². The van der Waals surface area contributed by atoms with Crippen LogP contribution >= 0.6 is 0 Å². The van der Waals surface area contributed by atoms with Crippen molar-refractivity contribution in [3.8, 4) is 0 Å². The van der Waals surface area contributed by atoms with Crippen molar-refractivity contribution >= 4 is 12.1 Å². The van der Waals surface area contributed by atoms with E-state index in [9.17, 15) is 9.59 Å². The van der Waals surface area contributed by atoms with Gasteiger partial charge in [0.05, 0.1) is 19.8 Å². The zero-order chi connectivity index (χ0) is 17.3. The third-order valence-corrected chi connectivity index (χ3v) is 2.62. The summed E-state index contributed by atoms with van der Waals surface area (Å²) < 4.78 is 15.8. The number of esters is 1. The number of nitrogens with one attached hydrogen (secondary N) is 1. The third-order valence-electron chi connectivity index (χ3n) is 2.62. The molecule has 0 aliphatic rings. The van der Waals surface area contributed by atoms with Gasteiger partial charge < -0.3 is 19.5 Å². The number of benzene rings is 1. The molecule has 0 aromatic heterocycles. The van der Waals surface area contributed by atoms with Crippen molar-refractivity contribution in [3.63, 3.8) is 0 Å². The van der Waals surface area contributed by atoms with Crippen LogP contribution < -0.4 is 5.32 Å². The number of ether oxygens (including phenoxy) is 3. The van der Waals surface area contributed by atoms with Gasteiger partial charge in [0.2, 0.25) is 0 Å². The first-order chi connectivity index (χ1) is 10.8. The van der Waals surface area contributed by atoms with E-state index in [1.807, 2.05) is 30.3 Å². The Kier molecular flexibility index (Phi) is 7.54. The van der Waals surface area contributed by atoms with E-state index in [4.69, 9.17) is 14.2 Å². The fourth-order valence-corrected chi connectivity index (χ4v) is 1.76. The van der Waals surface area contributed by atoms with Crippen LogP contribution in [0.5, 0.6) is 0 Å². The molecule has 1 atom stereocenters. The van der Waals surface area contributed by atoms with E-state index >= 15 is 0 Å². The third kappa shape index (κ3) is 9.52. The monoisotopic (exact) mass is 323 g/mol. The van der Waals surface area contributed by atoms with Crippen LogP contribution in [0.1, 0.15) is 33.3 Å². The summed E-state index contributed by atoms with van der Waals surface area (Å²) in [5.74, 6) is -0.427. The average Bonchev–Trinajstić information content (AvgIpc) is 2.43. The van der Waals surface area contributed by atoms with Crippen molar-refractivity contribution in [1.29, 1.82) is 0 Å². The Morgan fingerprint density at radius 2 is 1.83 bits per heavy atom. The van der Waals surface area contributed by atoms with E-state index in [0.717, 1.165) is 5.56 Å². The highest BCUT2D eigenvalue weighted by Gasteiger charge is 2.19. The number of carbonyl (C=O) groups is 2. The number of rotatable bonds is 7. The standard InChI is InChI=1S/C17H25NO5/c1-13(19)22-15(10-18-16(20)23-17(2,3)4)12-21-11-14-8-6-5-7-9-14/h5-9,15H,10-12H2,1-4H3,(H,18,20). The van der Waals surface area contributed by atoms with Crippen LogP contribution in [0.2, 0.25) is 0 Å². The van der Waals surface area contributed by atoms with Gasteiger partial charge in [-0.1, -0.05) is 30.3 Å². The lowest BCUT2D eigenvalue weighted by Crippen LogP contribution is -2.40. The number of hydrogen-bond acceptors (Lipinski definition) is 5. The van der Waals surface area contributed by atoms with Crippen LogP contribution in [0.4, 0.5) is 4.79 Å². The average molecular weight is 323 g/mol. The van der Waals surface area contributed by atoms with Crippen molar-refractivity contribution in [2.24, 2.45) is 0 Å². The van der Waals surface area contributed by atoms with Crippen LogP contribution in [-0.4, -0.2) is 36.9 Å². The molecule has 128 valence electrons. The fraction of sp³-hybridized carbons (Fsp3) is 0.529. The zero-order valence-electron chi connectivity index (χ0n) is 14.1. The Hall–Kier alpha value is -2.08. The summed E-state index contributed by atoms with van der Waals surface area (Å²) in [6, 6.07) is 9.66. The minimum Gasteiger partial charge on any atom is -0.458 e. The number of amides is 1. The van der Waals surface area contributed by atoms with E-state index in [0.29, 0.717) is 6.61 Å². The Labute approximate surface area is 137 Å². The molecule has 1 unspecified atom stereocenters. The molecule has 0 saturated carbocycles. The molecule has 0 spiro atoms. The quantitative estimate of drug-likeness (QED) is 0.781. The van der Waals surface area contributed by atoms with Crippen molar-refractivity contribution in [3.05, 3.63) is 35.9 Å². The predicted molar refractivity (Wildman–Crippen MR) is 85.9 cm³/mol. The molecular formula is C17H25NO5. The summed E-state index contributed by atoms with van der Waals surface area (Å²) in [6.45, 7) is 7.37. The Morgan fingerprint density at radius 1 is 1.17 bits per heavy atom. The molecule has 6 nitrogen and oxygen atoms in total. The van der Waals surface area contributed by atoms with Crippen LogP contribution in [0.15, 0.2) is 30.3 Å². The maximum Gasteiger partial charge on any atom is 0.407 e. The molecule has 1 N–H and O–H groups in total. The Morgan fingerprint density at radius 3 is 2.39 bits per heavy atom. The normalized spacial score (nSPS) is 12.3. The minimum atomic E-state index is -0.579. The smallest absolute Gasteiger partial charge is 0.407 e. The summed E-state index contributed by atoms with van der Waals surface area (Å²) in [4.78, 5) is 22.8. The maximum atomic E-state index is 11.6. The van der Waals surface area contributed by atoms with Crippen molar-refractivity contribution < 1.29 is 23.8 Å². The topological polar surface area (TPSA) is 73.9 Å². The second-order valence-corrected chi connectivity index (χ2v) is 6.11. The summed E-state index contributed by atoms with van der Waals surface area (Å²) in [7, 11) is 0. The summed E-state index contributed by atoms with van der Waals surface area (Å²) in [5, 5.41) is 2.57. The van der Waals surface area contributed by atoms with Gasteiger partial charge in [-0.05, 0) is 26.3 Å². The van der Waals surface area contributed by atoms with Gasteiger partial charge in [-0.25, -0.2) is 4.79 Å². The van der Waals surface area contributed by atoms with Gasteiger partial charge in [-0.2, -0.15) is 0 Å². The lowest BCUT2D eigenvalue weighted by atomic mass is 10.2. The second-order valence-electron chi connectivity index (χ2n) is 6.11. The zero-order valence-corrected chi connectivity index (χ0v) is 14.1. The molecule has 0 saturated heterocycles. The molecule has 0 radical (unpaired) electrons. The summed E-state index contributed by atoms with van der Waals surface area (Å²) >= 11 is 0. The summed E-state index contributed by atoms with van der Waals surface area (Å²) in [5.41, 5.74) is 0.444. The largest absolute Gasteiger partial charge is 0.458 e. The van der Waals surface area contributed by atoms with Gasteiger partial charge in [0.25, 0.3) is 0 Å². The number of alkyl carbamates (subject to hydrolysis) is 1. The first-order valence-corrected chi connectivity index (χ1v) is 7.52. The maximum absolute atomic E-state index is 11.6. The van der Waals surface area contributed by atoms with Crippen molar-refractivity contribution in [1.82, 2.24) is 5.32 Å². The van der Waals surface area contributed by atoms with Gasteiger partial charge in [0, 0.05) is 6.92 Å². The molecule has 0 fully saturated rings. The van der Waals surface area contributed by atoms with E-state index < -0.39 is 23.8 Å². The lowest BCUT2D eigenvalue weighted by Gasteiger charge is -2.22. The highest BCUT2D eigenvalue weighted by atomic mass is 16.6. The molecule has 0 aliphatic carbocycles. The molecule has 0 bridgehead atoms. The molecule has 1 amide bonds. The summed E-state index contributed by atoms with van der Waals surface area (Å²) in [6.07, 6.45) is -1.12. The Bertz CT molecular complexity index is 495. The first kappa shape index (κ1) is 19.0. The number of carbonyl (C=O) groups excluding carboxylic acids is 2. The Balaban J connectivity index is 2.40. The molecule has 6 heteroatoms. The molecule has 0 aliphatic heterocycles. The minimum absolute atomic E-state index is 0.128. The van der Waals surface area contributed by atoms with Crippen molar-refractivity contribution in [2.75, 3.05) is 13.2 Å². The fourth-order valence-electron chi connectivity index (χ4n) is 1.76. The van der Waals surface area contributed by atoms with Gasteiger partial charge >= 0.3 is 12.1 Å². The predicted octanol–water partition coefficient (Wildman–Crippen LogP) is 2.66. The molecule has 23 heavy (non-hydrogen) atoms. The van der Waals surface area contributed by atoms with Gasteiger partial charge in [-0.3, -0.25) is 4.79 Å². The second kappa shape index (κ2) is 9.15. The van der Waals surface area contributed by atoms with Crippen LogP contribution in [-0.2, 0) is 25.6 Å². The molecular weight excluding hydrogens is 298 g/mol. The molecule has 0 heterocycles. The van der Waals surface area contributed by atoms with E-state index in [1.54, 1.807) is 20.8 Å².